The molecule has 6 rings (SSSR count). The molecular formula is C27H21N5. The molecule has 0 fully saturated rings. The minimum Gasteiger partial charge on any atom is -0.355 e. The Morgan fingerprint density at radius 3 is 1.94 bits per heavy atom. The number of H-pyrrole nitrogens is 2. The van der Waals surface area contributed by atoms with Crippen molar-refractivity contribution < 1.29 is 0 Å². The summed E-state index contributed by atoms with van der Waals surface area (Å²) in [4.78, 5) is 21.1. The van der Waals surface area contributed by atoms with E-state index in [9.17, 15) is 0 Å². The van der Waals surface area contributed by atoms with Gasteiger partial charge < -0.3 is 9.97 Å². The minimum atomic E-state index is 0.900. The quantitative estimate of drug-likeness (QED) is 0.350. The van der Waals surface area contributed by atoms with Crippen LogP contribution in [0.15, 0.2) is 60.8 Å². The van der Waals surface area contributed by atoms with Crippen LogP contribution in [0.3, 0.4) is 0 Å². The second-order valence-corrected chi connectivity index (χ2v) is 7.99. The number of fused-ring (bicyclic) bond motifs is 8. The van der Waals surface area contributed by atoms with Gasteiger partial charge >= 0.3 is 0 Å². The van der Waals surface area contributed by atoms with E-state index in [2.05, 4.69) is 64.3 Å². The summed E-state index contributed by atoms with van der Waals surface area (Å²) in [5.41, 5.74) is 10.9. The van der Waals surface area contributed by atoms with Crippen molar-refractivity contribution >= 4 is 46.4 Å². The van der Waals surface area contributed by atoms with Crippen LogP contribution in [0.5, 0.6) is 0 Å². The summed E-state index contributed by atoms with van der Waals surface area (Å²) >= 11 is 0. The largest absolute Gasteiger partial charge is 0.355 e. The van der Waals surface area contributed by atoms with Crippen LogP contribution in [0.1, 0.15) is 35.3 Å². The molecule has 0 aliphatic carbocycles. The highest BCUT2D eigenvalue weighted by Gasteiger charge is 2.08. The van der Waals surface area contributed by atoms with Crippen molar-refractivity contribution in [3.8, 4) is 11.3 Å². The number of nitrogens with one attached hydrogen (secondary N) is 2. The normalized spacial score (nSPS) is 12.4. The maximum Gasteiger partial charge on any atom is 0.0726 e. The van der Waals surface area contributed by atoms with Gasteiger partial charge in [0.25, 0.3) is 0 Å². The van der Waals surface area contributed by atoms with Gasteiger partial charge in [-0.05, 0) is 90.9 Å². The third kappa shape index (κ3) is 3.54. The number of nitrogens with zero attached hydrogens (tertiary/aromatic N) is 3. The third-order valence-corrected chi connectivity index (χ3v) is 5.68. The van der Waals surface area contributed by atoms with Gasteiger partial charge in [-0.25, -0.2) is 9.97 Å². The van der Waals surface area contributed by atoms with Gasteiger partial charge in [-0.15, -0.1) is 0 Å². The molecule has 32 heavy (non-hydrogen) atoms. The molecule has 154 valence electrons. The molecule has 4 aromatic rings. The van der Waals surface area contributed by atoms with E-state index >= 15 is 0 Å². The van der Waals surface area contributed by atoms with E-state index in [0.717, 1.165) is 62.5 Å². The molecular weight excluding hydrogens is 394 g/mol. The number of hydrogen-bond acceptors (Lipinski definition) is 3. The van der Waals surface area contributed by atoms with E-state index in [-0.39, 0.29) is 0 Å². The number of aromatic nitrogens is 5. The maximum atomic E-state index is 4.78. The number of hydrogen-bond donors (Lipinski definition) is 2. The zero-order chi connectivity index (χ0) is 21.5. The second kappa shape index (κ2) is 7.46. The van der Waals surface area contributed by atoms with Crippen molar-refractivity contribution in [2.75, 3.05) is 0 Å². The lowest BCUT2D eigenvalue weighted by Gasteiger charge is -2.01. The van der Waals surface area contributed by atoms with Crippen LogP contribution in [0.25, 0.3) is 57.6 Å². The first-order valence-electron chi connectivity index (χ1n) is 10.8. The van der Waals surface area contributed by atoms with Crippen molar-refractivity contribution in [2.24, 2.45) is 0 Å². The Hall–Kier alpha value is -4.25. The monoisotopic (exact) mass is 415 g/mol. The van der Waals surface area contributed by atoms with Gasteiger partial charge in [0.05, 0.1) is 34.0 Å². The molecule has 8 bridgehead atoms. The van der Waals surface area contributed by atoms with Crippen LogP contribution in [0.4, 0.5) is 0 Å². The zero-order valence-corrected chi connectivity index (χ0v) is 17.6. The van der Waals surface area contributed by atoms with Crippen molar-refractivity contribution in [3.63, 3.8) is 0 Å². The minimum absolute atomic E-state index is 0.900. The van der Waals surface area contributed by atoms with Crippen molar-refractivity contribution in [2.45, 2.75) is 13.3 Å². The summed E-state index contributed by atoms with van der Waals surface area (Å²) in [6, 6.07) is 18.7. The average Bonchev–Trinajstić information content (AvgIpc) is 3.59. The first-order chi connectivity index (χ1) is 15.7. The molecule has 0 radical (unpaired) electrons. The molecule has 0 saturated heterocycles. The second-order valence-electron chi connectivity index (χ2n) is 7.99. The van der Waals surface area contributed by atoms with Crippen LogP contribution in [-0.2, 0) is 6.42 Å². The number of rotatable bonds is 2. The first kappa shape index (κ1) is 18.5. The molecule has 2 N–H and O–H groups in total. The molecule has 0 aromatic carbocycles. The Labute approximate surface area is 185 Å². The fraction of sp³-hybridized carbons (Fsp3) is 0.0741. The summed E-state index contributed by atoms with van der Waals surface area (Å²) < 4.78 is 0. The molecule has 0 unspecified atom stereocenters. The Balaban J connectivity index is 1.66. The van der Waals surface area contributed by atoms with Crippen LogP contribution in [-0.4, -0.2) is 24.9 Å². The zero-order valence-electron chi connectivity index (χ0n) is 17.6. The molecule has 0 atom stereocenters. The van der Waals surface area contributed by atoms with Gasteiger partial charge in [-0.2, -0.15) is 0 Å². The van der Waals surface area contributed by atoms with E-state index in [1.165, 1.54) is 5.56 Å². The van der Waals surface area contributed by atoms with Crippen molar-refractivity contribution in [1.82, 2.24) is 24.9 Å². The molecule has 0 amide bonds. The SMILES string of the molecule is CCc1ccnc(-c2cc3cc4nc(cc5ccc(cc6nc(cc2[nH]3)C=C6)[nH]5)C=C4)c1. The van der Waals surface area contributed by atoms with Crippen LogP contribution < -0.4 is 0 Å². The Bertz CT molecular complexity index is 1570. The molecule has 4 aromatic heterocycles. The highest BCUT2D eigenvalue weighted by molar-refractivity contribution is 5.86. The Morgan fingerprint density at radius 2 is 1.28 bits per heavy atom. The van der Waals surface area contributed by atoms with Gasteiger partial charge in [0.2, 0.25) is 0 Å². The first-order valence-corrected chi connectivity index (χ1v) is 10.8. The predicted molar refractivity (Wildman–Crippen MR) is 131 cm³/mol. The van der Waals surface area contributed by atoms with Gasteiger partial charge in [0, 0.05) is 28.3 Å². The van der Waals surface area contributed by atoms with E-state index in [4.69, 9.17) is 9.97 Å². The standard InChI is InChI=1S/C27H21N5/c1-2-17-9-10-28-26(11-17)25-15-24-14-22-6-5-20(30-22)12-18-3-4-19(29-18)13-21-7-8-23(31-21)16-27(25)32-24/h3-16,29,32H,2H2,1H3. The molecule has 0 spiro atoms. The lowest BCUT2D eigenvalue weighted by Crippen LogP contribution is -1.86. The Kier molecular flexibility index (Phi) is 4.32. The van der Waals surface area contributed by atoms with Gasteiger partial charge in [0.15, 0.2) is 0 Å². The van der Waals surface area contributed by atoms with Gasteiger partial charge in [0.1, 0.15) is 0 Å². The lowest BCUT2D eigenvalue weighted by molar-refractivity contribution is 1.12. The highest BCUT2D eigenvalue weighted by atomic mass is 14.8. The van der Waals surface area contributed by atoms with Crippen molar-refractivity contribution in [1.29, 1.82) is 0 Å². The fourth-order valence-corrected chi connectivity index (χ4v) is 4.07. The summed E-state index contributed by atoms with van der Waals surface area (Å²) in [5.74, 6) is 0. The summed E-state index contributed by atoms with van der Waals surface area (Å²) in [7, 11) is 0. The van der Waals surface area contributed by atoms with Gasteiger partial charge in [-0.1, -0.05) is 6.92 Å². The van der Waals surface area contributed by atoms with E-state index < -0.39 is 0 Å². The number of pyridine rings is 1. The third-order valence-electron chi connectivity index (χ3n) is 5.68. The van der Waals surface area contributed by atoms with E-state index in [0.29, 0.717) is 0 Å². The van der Waals surface area contributed by atoms with Crippen molar-refractivity contribution in [3.05, 3.63) is 89.1 Å². The summed E-state index contributed by atoms with van der Waals surface area (Å²) in [6.07, 6.45) is 11.0. The molecule has 5 heteroatoms. The summed E-state index contributed by atoms with van der Waals surface area (Å²) in [5, 5.41) is 0. The smallest absolute Gasteiger partial charge is 0.0726 e. The molecule has 2 aliphatic heterocycles. The fourth-order valence-electron chi connectivity index (χ4n) is 4.07. The maximum absolute atomic E-state index is 4.78. The molecule has 5 nitrogen and oxygen atoms in total. The van der Waals surface area contributed by atoms with E-state index in [1.54, 1.807) is 0 Å². The average molecular weight is 416 g/mol. The number of aromatic amines is 2. The summed E-state index contributed by atoms with van der Waals surface area (Å²) in [6.45, 7) is 2.16. The van der Waals surface area contributed by atoms with Gasteiger partial charge in [-0.3, -0.25) is 4.98 Å². The molecule has 2 aliphatic rings. The highest BCUT2D eigenvalue weighted by Crippen LogP contribution is 2.27. The number of aryl methyl sites for hydroxylation is 1. The lowest BCUT2D eigenvalue weighted by atomic mass is 10.1. The molecule has 0 saturated carbocycles. The van der Waals surface area contributed by atoms with Crippen LogP contribution in [0, 0.1) is 0 Å². The Morgan fingerprint density at radius 1 is 0.656 bits per heavy atom. The van der Waals surface area contributed by atoms with Crippen LogP contribution >= 0.6 is 0 Å². The predicted octanol–water partition coefficient (Wildman–Crippen LogP) is 6.28. The van der Waals surface area contributed by atoms with E-state index in [1.807, 2.05) is 42.6 Å². The topological polar surface area (TPSA) is 70.2 Å². The molecule has 6 heterocycles. The van der Waals surface area contributed by atoms with Crippen LogP contribution in [0.2, 0.25) is 0 Å².